The molecule has 0 fully saturated rings. The number of aldehydes is 1. The van der Waals surface area contributed by atoms with Gasteiger partial charge in [0, 0.05) is 6.42 Å². The third-order valence-electron chi connectivity index (χ3n) is 4.68. The zero-order valence-corrected chi connectivity index (χ0v) is 15.5. The predicted molar refractivity (Wildman–Crippen MR) is 88.7 cm³/mol. The van der Waals surface area contributed by atoms with E-state index in [0.29, 0.717) is 29.5 Å². The van der Waals surface area contributed by atoms with Gasteiger partial charge in [0.1, 0.15) is 11.2 Å². The molecule has 0 spiro atoms. The molecule has 0 aromatic heterocycles. The van der Waals surface area contributed by atoms with E-state index in [-0.39, 0.29) is 0 Å². The molecule has 0 aliphatic heterocycles. The van der Waals surface area contributed by atoms with Crippen molar-refractivity contribution in [3.63, 3.8) is 0 Å². The SMILES string of the molecule is CC(C)[Si](OC1=CC[C@](Cl)(C=O)CC1)(C(C)C)C(C)C. The Balaban J connectivity index is 2.96. The van der Waals surface area contributed by atoms with Crippen LogP contribution in [0.2, 0.25) is 16.6 Å². The molecule has 0 heterocycles. The summed E-state index contributed by atoms with van der Waals surface area (Å²) in [6.45, 7) is 13.7. The monoisotopic (exact) mass is 316 g/mol. The summed E-state index contributed by atoms with van der Waals surface area (Å²) >= 11 is 6.23. The lowest BCUT2D eigenvalue weighted by Crippen LogP contribution is -2.47. The van der Waals surface area contributed by atoms with Gasteiger partial charge < -0.3 is 9.22 Å². The maximum atomic E-state index is 11.0. The number of allylic oxidation sites excluding steroid dienone is 2. The zero-order chi connectivity index (χ0) is 15.6. The standard InChI is InChI=1S/C16H29ClO2Si/c1-12(2)20(13(3)4,14(5)6)19-15-7-9-16(17,11-18)10-8-15/h7,11-14H,8-10H2,1-6H3/t16-/m1/s1. The van der Waals surface area contributed by atoms with Crippen molar-refractivity contribution in [2.75, 3.05) is 0 Å². The maximum Gasteiger partial charge on any atom is 0.258 e. The van der Waals surface area contributed by atoms with Gasteiger partial charge in [0.2, 0.25) is 0 Å². The normalized spacial score (nSPS) is 24.2. The third-order valence-corrected chi connectivity index (χ3v) is 11.1. The highest BCUT2D eigenvalue weighted by Gasteiger charge is 2.47. The second-order valence-electron chi connectivity index (χ2n) is 6.95. The molecule has 1 aliphatic carbocycles. The van der Waals surface area contributed by atoms with Gasteiger partial charge in [-0.1, -0.05) is 41.5 Å². The van der Waals surface area contributed by atoms with Crippen LogP contribution in [-0.4, -0.2) is 19.5 Å². The molecule has 0 radical (unpaired) electrons. The summed E-state index contributed by atoms with van der Waals surface area (Å²) < 4.78 is 6.63. The van der Waals surface area contributed by atoms with E-state index in [9.17, 15) is 4.79 Å². The molecule has 0 aromatic rings. The molecule has 0 aromatic carbocycles. The molecule has 0 bridgehead atoms. The molecule has 4 heteroatoms. The van der Waals surface area contributed by atoms with E-state index in [1.54, 1.807) is 0 Å². The Hall–Kier alpha value is -0.283. The van der Waals surface area contributed by atoms with Crippen molar-refractivity contribution in [1.82, 2.24) is 0 Å². The van der Waals surface area contributed by atoms with Gasteiger partial charge in [0.25, 0.3) is 8.32 Å². The molecule has 1 atom stereocenters. The van der Waals surface area contributed by atoms with Crippen LogP contribution in [0.3, 0.4) is 0 Å². The molecule has 0 saturated heterocycles. The van der Waals surface area contributed by atoms with E-state index in [1.165, 1.54) is 0 Å². The van der Waals surface area contributed by atoms with Crippen molar-refractivity contribution in [3.05, 3.63) is 11.8 Å². The zero-order valence-electron chi connectivity index (χ0n) is 13.7. The molecule has 1 rings (SSSR count). The number of alkyl halides is 1. The summed E-state index contributed by atoms with van der Waals surface area (Å²) in [4.78, 5) is 10.3. The Morgan fingerprint density at radius 3 is 2.00 bits per heavy atom. The van der Waals surface area contributed by atoms with Gasteiger partial charge >= 0.3 is 0 Å². The molecule has 0 N–H and O–H groups in total. The molecular formula is C16H29ClO2Si. The smallest absolute Gasteiger partial charge is 0.258 e. The van der Waals surface area contributed by atoms with Crippen LogP contribution in [0.4, 0.5) is 0 Å². The summed E-state index contributed by atoms with van der Waals surface area (Å²) in [5, 5.41) is 0. The molecule has 0 unspecified atom stereocenters. The summed E-state index contributed by atoms with van der Waals surface area (Å²) in [7, 11) is -1.87. The van der Waals surface area contributed by atoms with Crippen LogP contribution < -0.4 is 0 Å². The fraction of sp³-hybridized carbons (Fsp3) is 0.812. The number of hydrogen-bond donors (Lipinski definition) is 0. The first-order valence-corrected chi connectivity index (χ1v) is 10.2. The largest absolute Gasteiger partial charge is 0.546 e. The summed E-state index contributed by atoms with van der Waals surface area (Å²) in [5.74, 6) is 1.06. The van der Waals surface area contributed by atoms with Crippen LogP contribution in [0.5, 0.6) is 0 Å². The van der Waals surface area contributed by atoms with Gasteiger partial charge in [-0.25, -0.2) is 0 Å². The average molecular weight is 317 g/mol. The topological polar surface area (TPSA) is 26.3 Å². The van der Waals surface area contributed by atoms with E-state index in [1.807, 2.05) is 6.08 Å². The fourth-order valence-corrected chi connectivity index (χ4v) is 9.12. The lowest BCUT2D eigenvalue weighted by molar-refractivity contribution is -0.110. The quantitative estimate of drug-likeness (QED) is 0.371. The number of carbonyl (C=O) groups excluding carboxylic acids is 1. The van der Waals surface area contributed by atoms with E-state index in [2.05, 4.69) is 41.5 Å². The van der Waals surface area contributed by atoms with Crippen molar-refractivity contribution >= 4 is 26.2 Å². The van der Waals surface area contributed by atoms with Crippen molar-refractivity contribution < 1.29 is 9.22 Å². The van der Waals surface area contributed by atoms with E-state index < -0.39 is 13.2 Å². The predicted octanol–water partition coefficient (Wildman–Crippen LogP) is 5.42. The highest BCUT2D eigenvalue weighted by atomic mass is 35.5. The van der Waals surface area contributed by atoms with Crippen LogP contribution >= 0.6 is 11.6 Å². The van der Waals surface area contributed by atoms with Crippen molar-refractivity contribution in [2.45, 2.75) is 82.3 Å². The lowest BCUT2D eigenvalue weighted by Gasteiger charge is -2.44. The van der Waals surface area contributed by atoms with Crippen molar-refractivity contribution in [3.8, 4) is 0 Å². The molecule has 0 amide bonds. The summed E-state index contributed by atoms with van der Waals surface area (Å²) in [6.07, 6.45) is 4.97. The minimum Gasteiger partial charge on any atom is -0.546 e. The Morgan fingerprint density at radius 1 is 1.20 bits per heavy atom. The van der Waals surface area contributed by atoms with Crippen molar-refractivity contribution in [1.29, 1.82) is 0 Å². The molecule has 2 nitrogen and oxygen atoms in total. The third kappa shape index (κ3) is 3.48. The van der Waals surface area contributed by atoms with E-state index >= 15 is 0 Å². The van der Waals surface area contributed by atoms with Gasteiger partial charge in [0.15, 0.2) is 0 Å². The summed E-state index contributed by atoms with van der Waals surface area (Å²) in [6, 6.07) is 0. The van der Waals surface area contributed by atoms with Crippen LogP contribution in [0.15, 0.2) is 11.8 Å². The highest BCUT2D eigenvalue weighted by Crippen LogP contribution is 2.45. The molecule has 116 valence electrons. The van der Waals surface area contributed by atoms with Gasteiger partial charge in [-0.3, -0.25) is 0 Å². The first-order valence-electron chi connectivity index (χ1n) is 7.71. The molecular weight excluding hydrogens is 288 g/mol. The number of carbonyl (C=O) groups is 1. The van der Waals surface area contributed by atoms with Crippen LogP contribution in [0.1, 0.15) is 60.8 Å². The number of rotatable bonds is 6. The molecule has 20 heavy (non-hydrogen) atoms. The summed E-state index contributed by atoms with van der Waals surface area (Å²) in [5.41, 5.74) is 1.70. The molecule has 1 aliphatic rings. The Morgan fingerprint density at radius 2 is 1.70 bits per heavy atom. The van der Waals surface area contributed by atoms with Crippen LogP contribution in [0, 0.1) is 0 Å². The van der Waals surface area contributed by atoms with Gasteiger partial charge in [0.05, 0.1) is 5.76 Å². The number of halogens is 1. The average Bonchev–Trinajstić information content (AvgIpc) is 2.37. The Bertz CT molecular complexity index is 355. The first kappa shape index (κ1) is 17.8. The molecule has 0 saturated carbocycles. The van der Waals surface area contributed by atoms with Crippen LogP contribution in [0.25, 0.3) is 0 Å². The van der Waals surface area contributed by atoms with Crippen molar-refractivity contribution in [2.24, 2.45) is 0 Å². The second kappa shape index (κ2) is 6.65. The van der Waals surface area contributed by atoms with Crippen LogP contribution in [-0.2, 0) is 9.22 Å². The Kier molecular flexibility index (Phi) is 5.91. The first-order chi connectivity index (χ1) is 9.18. The highest BCUT2D eigenvalue weighted by molar-refractivity contribution is 6.77. The minimum atomic E-state index is -1.87. The second-order valence-corrected chi connectivity index (χ2v) is 13.1. The lowest BCUT2D eigenvalue weighted by atomic mass is 9.94. The number of hydrogen-bond acceptors (Lipinski definition) is 2. The van der Waals surface area contributed by atoms with E-state index in [4.69, 9.17) is 16.0 Å². The van der Waals surface area contributed by atoms with Gasteiger partial charge in [-0.05, 0) is 35.5 Å². The van der Waals surface area contributed by atoms with Gasteiger partial charge in [-0.2, -0.15) is 0 Å². The fourth-order valence-electron chi connectivity index (χ4n) is 3.60. The Labute approximate surface area is 130 Å². The minimum absolute atomic E-state index is 0.567. The van der Waals surface area contributed by atoms with Gasteiger partial charge in [-0.15, -0.1) is 11.6 Å². The van der Waals surface area contributed by atoms with E-state index in [0.717, 1.165) is 18.5 Å². The maximum absolute atomic E-state index is 11.0.